The summed E-state index contributed by atoms with van der Waals surface area (Å²) in [6.45, 7) is 6.75. The lowest BCUT2D eigenvalue weighted by Crippen LogP contribution is -2.27. The highest BCUT2D eigenvalue weighted by molar-refractivity contribution is 5.86. The van der Waals surface area contributed by atoms with Gasteiger partial charge in [0.2, 0.25) is 0 Å². The van der Waals surface area contributed by atoms with Crippen LogP contribution in [0.15, 0.2) is 12.1 Å². The van der Waals surface area contributed by atoms with Gasteiger partial charge in [0.15, 0.2) is 0 Å². The van der Waals surface area contributed by atoms with Gasteiger partial charge < -0.3 is 4.74 Å². The SMILES string of the molecule is Cc1cc([N+](=O)[O-])c(C#N)cc1NC(=O)OC(C)(C)C. The molecule has 0 heterocycles. The number of amides is 1. The average molecular weight is 277 g/mol. The molecule has 0 aliphatic heterocycles. The number of anilines is 1. The summed E-state index contributed by atoms with van der Waals surface area (Å²) in [5.41, 5.74) is -0.286. The Balaban J connectivity index is 3.07. The van der Waals surface area contributed by atoms with Crippen molar-refractivity contribution in [1.29, 1.82) is 5.26 Å². The van der Waals surface area contributed by atoms with Crippen molar-refractivity contribution in [2.75, 3.05) is 5.32 Å². The molecule has 0 unspecified atom stereocenters. The van der Waals surface area contributed by atoms with Crippen molar-refractivity contribution >= 4 is 17.5 Å². The molecule has 0 fully saturated rings. The molecule has 0 bridgehead atoms. The Bertz CT molecular complexity index is 597. The Kier molecular flexibility index (Phi) is 4.30. The van der Waals surface area contributed by atoms with Gasteiger partial charge in [0, 0.05) is 11.8 Å². The monoisotopic (exact) mass is 277 g/mol. The number of nitro groups is 1. The van der Waals surface area contributed by atoms with Gasteiger partial charge in [-0.25, -0.2) is 4.79 Å². The molecule has 1 aromatic rings. The number of carbonyl (C=O) groups excluding carboxylic acids is 1. The molecular formula is C13H15N3O4. The molecule has 7 nitrogen and oxygen atoms in total. The average Bonchev–Trinajstić information content (AvgIpc) is 2.28. The van der Waals surface area contributed by atoms with E-state index in [4.69, 9.17) is 10.00 Å². The normalized spacial score (nSPS) is 10.6. The summed E-state index contributed by atoms with van der Waals surface area (Å²) in [5.74, 6) is 0. The number of ether oxygens (including phenoxy) is 1. The largest absolute Gasteiger partial charge is 0.444 e. The van der Waals surface area contributed by atoms with Gasteiger partial charge in [0.1, 0.15) is 17.2 Å². The Hall–Kier alpha value is -2.62. The third-order valence-electron chi connectivity index (χ3n) is 2.30. The molecular weight excluding hydrogens is 262 g/mol. The maximum absolute atomic E-state index is 11.6. The standard InChI is InChI=1S/C13H15N3O4/c1-8-5-11(16(18)19)9(7-14)6-10(8)15-12(17)20-13(2,3)4/h5-6H,1-4H3,(H,15,17). The molecule has 1 aromatic carbocycles. The number of hydrogen-bond donors (Lipinski definition) is 1. The maximum Gasteiger partial charge on any atom is 0.412 e. The maximum atomic E-state index is 11.6. The van der Waals surface area contributed by atoms with Crippen LogP contribution in [0.5, 0.6) is 0 Å². The number of nitro benzene ring substituents is 1. The first-order valence-corrected chi connectivity index (χ1v) is 5.83. The molecule has 1 N–H and O–H groups in total. The van der Waals surface area contributed by atoms with Gasteiger partial charge in [0.05, 0.1) is 4.92 Å². The minimum Gasteiger partial charge on any atom is -0.444 e. The molecule has 0 saturated carbocycles. The van der Waals surface area contributed by atoms with Gasteiger partial charge in [-0.1, -0.05) is 0 Å². The fourth-order valence-electron chi connectivity index (χ4n) is 1.48. The van der Waals surface area contributed by atoms with Crippen LogP contribution >= 0.6 is 0 Å². The van der Waals surface area contributed by atoms with E-state index >= 15 is 0 Å². The van der Waals surface area contributed by atoms with Crippen LogP contribution in [0.3, 0.4) is 0 Å². The molecule has 0 spiro atoms. The van der Waals surface area contributed by atoms with Gasteiger partial charge in [-0.05, 0) is 39.3 Å². The van der Waals surface area contributed by atoms with E-state index in [0.29, 0.717) is 11.3 Å². The number of rotatable bonds is 2. The molecule has 0 aliphatic rings. The van der Waals surface area contributed by atoms with Crippen molar-refractivity contribution in [3.05, 3.63) is 33.4 Å². The van der Waals surface area contributed by atoms with E-state index in [1.165, 1.54) is 12.1 Å². The van der Waals surface area contributed by atoms with Crippen LogP contribution in [0.1, 0.15) is 31.9 Å². The summed E-state index contributed by atoms with van der Waals surface area (Å²) in [6, 6.07) is 4.23. The van der Waals surface area contributed by atoms with Gasteiger partial charge in [0.25, 0.3) is 5.69 Å². The zero-order chi connectivity index (χ0) is 15.5. The van der Waals surface area contributed by atoms with Crippen molar-refractivity contribution in [1.82, 2.24) is 0 Å². The molecule has 1 amide bonds. The number of benzene rings is 1. The second-order valence-electron chi connectivity index (χ2n) is 5.18. The summed E-state index contributed by atoms with van der Waals surface area (Å²) in [6.07, 6.45) is -0.682. The van der Waals surface area contributed by atoms with Crippen LogP contribution in [-0.2, 0) is 4.74 Å². The second-order valence-corrected chi connectivity index (χ2v) is 5.18. The first-order chi connectivity index (χ1) is 9.14. The summed E-state index contributed by atoms with van der Waals surface area (Å²) < 4.78 is 5.08. The molecule has 0 radical (unpaired) electrons. The molecule has 1 rings (SSSR count). The van der Waals surface area contributed by atoms with Gasteiger partial charge in [-0.3, -0.25) is 15.4 Å². The fraction of sp³-hybridized carbons (Fsp3) is 0.385. The van der Waals surface area contributed by atoms with Crippen LogP contribution < -0.4 is 5.32 Å². The highest BCUT2D eigenvalue weighted by Gasteiger charge is 2.20. The van der Waals surface area contributed by atoms with E-state index in [2.05, 4.69) is 5.32 Å². The predicted molar refractivity (Wildman–Crippen MR) is 72.4 cm³/mol. The summed E-state index contributed by atoms with van der Waals surface area (Å²) in [5, 5.41) is 22.2. The molecule has 7 heteroatoms. The molecule has 0 aromatic heterocycles. The van der Waals surface area contributed by atoms with Gasteiger partial charge in [-0.15, -0.1) is 0 Å². The summed E-state index contributed by atoms with van der Waals surface area (Å²) in [7, 11) is 0. The topological polar surface area (TPSA) is 105 Å². The first kappa shape index (κ1) is 15.4. The highest BCUT2D eigenvalue weighted by atomic mass is 16.6. The summed E-state index contributed by atoms with van der Waals surface area (Å²) in [4.78, 5) is 21.8. The van der Waals surface area contributed by atoms with Crippen LogP contribution in [0.4, 0.5) is 16.2 Å². The van der Waals surface area contributed by atoms with Crippen LogP contribution in [0.25, 0.3) is 0 Å². The Morgan fingerprint density at radius 2 is 2.05 bits per heavy atom. The number of nitrogens with one attached hydrogen (secondary N) is 1. The lowest BCUT2D eigenvalue weighted by atomic mass is 10.1. The number of nitrogens with zero attached hydrogens (tertiary/aromatic N) is 2. The zero-order valence-electron chi connectivity index (χ0n) is 11.7. The van der Waals surface area contributed by atoms with Crippen LogP contribution in [-0.4, -0.2) is 16.6 Å². The van der Waals surface area contributed by atoms with Crippen LogP contribution in [0, 0.1) is 28.4 Å². The quantitative estimate of drug-likeness (QED) is 0.660. The predicted octanol–water partition coefficient (Wildman–Crippen LogP) is 3.12. The van der Waals surface area contributed by atoms with Crippen molar-refractivity contribution in [3.8, 4) is 6.07 Å². The fourth-order valence-corrected chi connectivity index (χ4v) is 1.48. The van der Waals surface area contributed by atoms with Crippen molar-refractivity contribution < 1.29 is 14.5 Å². The Labute approximate surface area is 116 Å². The molecule has 20 heavy (non-hydrogen) atoms. The second kappa shape index (κ2) is 5.57. The Morgan fingerprint density at radius 1 is 1.45 bits per heavy atom. The number of carbonyl (C=O) groups is 1. The number of nitriles is 1. The molecule has 106 valence electrons. The van der Waals surface area contributed by atoms with E-state index in [1.54, 1.807) is 33.8 Å². The number of aryl methyl sites for hydroxylation is 1. The van der Waals surface area contributed by atoms with Gasteiger partial charge >= 0.3 is 6.09 Å². The van der Waals surface area contributed by atoms with Crippen molar-refractivity contribution in [2.24, 2.45) is 0 Å². The lowest BCUT2D eigenvalue weighted by molar-refractivity contribution is -0.385. The van der Waals surface area contributed by atoms with E-state index in [1.807, 2.05) is 0 Å². The van der Waals surface area contributed by atoms with Crippen molar-refractivity contribution in [2.45, 2.75) is 33.3 Å². The smallest absolute Gasteiger partial charge is 0.412 e. The molecule has 0 saturated heterocycles. The number of hydrogen-bond acceptors (Lipinski definition) is 5. The minimum atomic E-state index is -0.682. The highest BCUT2D eigenvalue weighted by Crippen LogP contribution is 2.26. The van der Waals surface area contributed by atoms with E-state index in [9.17, 15) is 14.9 Å². The lowest BCUT2D eigenvalue weighted by Gasteiger charge is -2.20. The molecule has 0 aliphatic carbocycles. The minimum absolute atomic E-state index is 0.119. The summed E-state index contributed by atoms with van der Waals surface area (Å²) >= 11 is 0. The third kappa shape index (κ3) is 3.95. The van der Waals surface area contributed by atoms with E-state index in [-0.39, 0.29) is 11.3 Å². The zero-order valence-corrected chi connectivity index (χ0v) is 11.7. The van der Waals surface area contributed by atoms with Crippen molar-refractivity contribution in [3.63, 3.8) is 0 Å². The van der Waals surface area contributed by atoms with Gasteiger partial charge in [-0.2, -0.15) is 5.26 Å². The van der Waals surface area contributed by atoms with E-state index in [0.717, 1.165) is 0 Å². The Morgan fingerprint density at radius 3 is 2.50 bits per heavy atom. The molecule has 0 atom stereocenters. The third-order valence-corrected chi connectivity index (χ3v) is 2.30. The van der Waals surface area contributed by atoms with Crippen LogP contribution in [0.2, 0.25) is 0 Å². The first-order valence-electron chi connectivity index (χ1n) is 5.83. The van der Waals surface area contributed by atoms with E-state index < -0.39 is 16.6 Å².